The van der Waals surface area contributed by atoms with E-state index in [1.54, 1.807) is 4.68 Å². The maximum atomic E-state index is 14.3. The Bertz CT molecular complexity index is 1270. The molecule has 2 bridgehead atoms. The van der Waals surface area contributed by atoms with Crippen molar-refractivity contribution >= 4 is 0 Å². The predicted molar refractivity (Wildman–Crippen MR) is 116 cm³/mol. The van der Waals surface area contributed by atoms with Crippen LogP contribution in [0.3, 0.4) is 0 Å². The van der Waals surface area contributed by atoms with Crippen LogP contribution in [-0.4, -0.2) is 78.3 Å². The number of hydrogen-bond acceptors (Lipinski definition) is 8. The molecular weight excluding hydrogens is 481 g/mol. The molecule has 4 fully saturated rings. The second kappa shape index (κ2) is 8.61. The summed E-state index contributed by atoms with van der Waals surface area (Å²) in [6, 6.07) is 0.968. The molecule has 10 nitrogen and oxygen atoms in total. The Hall–Kier alpha value is -2.87. The van der Waals surface area contributed by atoms with E-state index in [9.17, 15) is 23.4 Å². The number of rotatable bonds is 7. The van der Waals surface area contributed by atoms with Crippen molar-refractivity contribution in [3.05, 3.63) is 47.7 Å². The van der Waals surface area contributed by atoms with Crippen molar-refractivity contribution < 1.29 is 32.9 Å². The predicted octanol–water partition coefficient (Wildman–Crippen LogP) is 1.38. The molecule has 1 aliphatic heterocycles. The molecule has 0 unspecified atom stereocenters. The van der Waals surface area contributed by atoms with E-state index < -0.39 is 54.5 Å². The van der Waals surface area contributed by atoms with Gasteiger partial charge in [-0.1, -0.05) is 10.4 Å². The fourth-order valence-corrected chi connectivity index (χ4v) is 5.79. The van der Waals surface area contributed by atoms with E-state index in [-0.39, 0.29) is 23.2 Å². The SMILES string of the molecule is CO[C@@H]1[C@@H](n2cc(-c3ccc(F)c(F)c3F)nn2)[C@@H](O)[C@@H](CO)O[C@@H]1Cn1cc(C23CC(C2)C3)nn1. The van der Waals surface area contributed by atoms with Crippen LogP contribution in [0.1, 0.15) is 31.0 Å². The molecule has 3 aliphatic carbocycles. The van der Waals surface area contributed by atoms with Crippen molar-refractivity contribution in [1.82, 2.24) is 30.0 Å². The van der Waals surface area contributed by atoms with Gasteiger partial charge >= 0.3 is 0 Å². The zero-order valence-corrected chi connectivity index (χ0v) is 19.3. The quantitative estimate of drug-likeness (QED) is 0.462. The minimum atomic E-state index is -1.62. The molecule has 192 valence electrons. The molecule has 2 aromatic heterocycles. The molecule has 4 aliphatic rings. The first kappa shape index (κ1) is 23.5. The molecular formula is C23H25F3N6O4. The Labute approximate surface area is 203 Å². The number of halogens is 3. The number of ether oxygens (including phenoxy) is 2. The van der Waals surface area contributed by atoms with Crippen LogP contribution in [0.2, 0.25) is 0 Å². The van der Waals surface area contributed by atoms with E-state index in [1.165, 1.54) is 18.0 Å². The lowest BCUT2D eigenvalue weighted by atomic mass is 9.43. The standard InChI is InChI=1S/C23H25F3N6O4/c1-35-22-15(8-31-9-17(28-29-31)23-4-11(5-23)6-23)36-16(10-33)21(34)20(22)32-7-14(27-30-32)12-2-3-13(24)19(26)18(12)25/h2-3,7,9,11,15-16,20-22,33-34H,4-6,8,10H2,1H3/t11?,15-,16-,20+,21+,22+,23?/m1/s1. The van der Waals surface area contributed by atoms with Gasteiger partial charge in [0.2, 0.25) is 0 Å². The van der Waals surface area contributed by atoms with Gasteiger partial charge in [-0.25, -0.2) is 22.5 Å². The van der Waals surface area contributed by atoms with Crippen molar-refractivity contribution in [2.75, 3.05) is 13.7 Å². The van der Waals surface area contributed by atoms with Gasteiger partial charge in [0.05, 0.1) is 25.0 Å². The van der Waals surface area contributed by atoms with Crippen molar-refractivity contribution in [3.63, 3.8) is 0 Å². The van der Waals surface area contributed by atoms with Crippen LogP contribution in [0.25, 0.3) is 11.3 Å². The molecule has 3 heterocycles. The highest BCUT2D eigenvalue weighted by Gasteiger charge is 2.59. The number of aliphatic hydroxyl groups excluding tert-OH is 2. The maximum Gasteiger partial charge on any atom is 0.195 e. The van der Waals surface area contributed by atoms with Crippen LogP contribution in [0.5, 0.6) is 0 Å². The molecule has 0 spiro atoms. The highest BCUT2D eigenvalue weighted by Crippen LogP contribution is 2.64. The number of hydrogen-bond donors (Lipinski definition) is 2. The number of benzene rings is 1. The summed E-state index contributed by atoms with van der Waals surface area (Å²) in [6.45, 7) is -0.235. The van der Waals surface area contributed by atoms with Crippen LogP contribution in [0, 0.1) is 23.4 Å². The van der Waals surface area contributed by atoms with Crippen LogP contribution in [0.15, 0.2) is 24.5 Å². The lowest BCUT2D eigenvalue weighted by Gasteiger charge is -2.60. The largest absolute Gasteiger partial charge is 0.394 e. The molecule has 2 N–H and O–H groups in total. The average molecular weight is 506 g/mol. The van der Waals surface area contributed by atoms with Crippen molar-refractivity contribution in [1.29, 1.82) is 0 Å². The summed E-state index contributed by atoms with van der Waals surface area (Å²) < 4.78 is 56.0. The summed E-state index contributed by atoms with van der Waals surface area (Å²) in [5, 5.41) is 37.3. The third-order valence-corrected chi connectivity index (χ3v) is 7.85. The highest BCUT2D eigenvalue weighted by atomic mass is 19.2. The zero-order valence-electron chi connectivity index (χ0n) is 19.3. The molecule has 0 radical (unpaired) electrons. The lowest BCUT2D eigenvalue weighted by molar-refractivity contribution is -0.216. The van der Waals surface area contributed by atoms with E-state index in [0.717, 1.165) is 43.0 Å². The smallest absolute Gasteiger partial charge is 0.195 e. The van der Waals surface area contributed by atoms with Gasteiger partial charge in [0.25, 0.3) is 0 Å². The van der Waals surface area contributed by atoms with E-state index in [1.807, 2.05) is 6.20 Å². The molecule has 0 amide bonds. The van der Waals surface area contributed by atoms with Crippen LogP contribution in [-0.2, 0) is 21.4 Å². The second-order valence-electron chi connectivity index (χ2n) is 9.97. The summed E-state index contributed by atoms with van der Waals surface area (Å²) >= 11 is 0. The Morgan fingerprint density at radius 2 is 1.86 bits per heavy atom. The normalized spacial score (nSPS) is 33.3. The van der Waals surface area contributed by atoms with Gasteiger partial charge in [-0.2, -0.15) is 0 Å². The van der Waals surface area contributed by atoms with Gasteiger partial charge in [0.1, 0.15) is 36.2 Å². The van der Waals surface area contributed by atoms with E-state index >= 15 is 0 Å². The minimum Gasteiger partial charge on any atom is -0.394 e. The topological polar surface area (TPSA) is 120 Å². The fraction of sp³-hybridized carbons (Fsp3) is 0.565. The van der Waals surface area contributed by atoms with Gasteiger partial charge in [0, 0.05) is 24.3 Å². The first-order valence-electron chi connectivity index (χ1n) is 11.8. The fourth-order valence-electron chi connectivity index (χ4n) is 5.79. The summed E-state index contributed by atoms with van der Waals surface area (Å²) in [7, 11) is 1.45. The van der Waals surface area contributed by atoms with E-state index in [0.29, 0.717) is 0 Å². The Kier molecular flexibility index (Phi) is 5.63. The molecule has 1 saturated heterocycles. The second-order valence-corrected chi connectivity index (χ2v) is 9.97. The Morgan fingerprint density at radius 1 is 1.08 bits per heavy atom. The van der Waals surface area contributed by atoms with Crippen LogP contribution < -0.4 is 0 Å². The third-order valence-electron chi connectivity index (χ3n) is 7.85. The number of aliphatic hydroxyl groups is 2. The molecule has 5 atom stereocenters. The Morgan fingerprint density at radius 3 is 2.53 bits per heavy atom. The van der Waals surface area contributed by atoms with Gasteiger partial charge < -0.3 is 19.7 Å². The third kappa shape index (κ3) is 3.56. The van der Waals surface area contributed by atoms with Gasteiger partial charge in [-0.15, -0.1) is 10.2 Å². The number of methoxy groups -OCH3 is 1. The van der Waals surface area contributed by atoms with Crippen LogP contribution in [0.4, 0.5) is 13.2 Å². The van der Waals surface area contributed by atoms with Gasteiger partial charge in [-0.3, -0.25) is 0 Å². The highest BCUT2D eigenvalue weighted by molar-refractivity contribution is 5.58. The monoisotopic (exact) mass is 506 g/mol. The summed E-state index contributed by atoms with van der Waals surface area (Å²) in [6.07, 6.45) is 2.97. The van der Waals surface area contributed by atoms with Gasteiger partial charge in [0.15, 0.2) is 17.5 Å². The van der Waals surface area contributed by atoms with Crippen LogP contribution >= 0.6 is 0 Å². The average Bonchev–Trinajstić information content (AvgIpc) is 3.46. The lowest BCUT2D eigenvalue weighted by Crippen LogP contribution is -2.57. The molecule has 7 rings (SSSR count). The molecule has 3 saturated carbocycles. The summed E-state index contributed by atoms with van der Waals surface area (Å²) in [5.41, 5.74) is 0.765. The molecule has 13 heteroatoms. The first-order valence-corrected chi connectivity index (χ1v) is 11.8. The molecule has 1 aromatic carbocycles. The summed E-state index contributed by atoms with van der Waals surface area (Å²) in [5.74, 6) is -3.53. The summed E-state index contributed by atoms with van der Waals surface area (Å²) in [4.78, 5) is 0. The Balaban J connectivity index is 1.28. The van der Waals surface area contributed by atoms with Gasteiger partial charge in [-0.05, 0) is 37.3 Å². The molecule has 36 heavy (non-hydrogen) atoms. The zero-order chi connectivity index (χ0) is 25.2. The first-order chi connectivity index (χ1) is 17.3. The molecule has 3 aromatic rings. The van der Waals surface area contributed by atoms with Crippen molar-refractivity contribution in [3.8, 4) is 11.3 Å². The van der Waals surface area contributed by atoms with Crippen molar-refractivity contribution in [2.45, 2.75) is 61.7 Å². The minimum absolute atomic E-state index is 0.0588. The number of nitrogens with zero attached hydrogens (tertiary/aromatic N) is 6. The number of aromatic nitrogens is 6. The van der Waals surface area contributed by atoms with E-state index in [2.05, 4.69) is 20.6 Å². The maximum absolute atomic E-state index is 14.3. The van der Waals surface area contributed by atoms with E-state index in [4.69, 9.17) is 9.47 Å². The van der Waals surface area contributed by atoms with Crippen molar-refractivity contribution in [2.24, 2.45) is 5.92 Å².